The smallest absolute Gasteiger partial charge is 0.305 e. The van der Waals surface area contributed by atoms with Crippen LogP contribution in [0.15, 0.2) is 84.9 Å². The Kier molecular flexibility index (Phi) is 9.87. The highest BCUT2D eigenvalue weighted by Crippen LogP contribution is 2.12. The molecule has 0 atom stereocenters. The Hall–Kier alpha value is -3.93. The monoisotopic (exact) mass is 458 g/mol. The molecule has 2 amide bonds. The van der Waals surface area contributed by atoms with Gasteiger partial charge in [-0.2, -0.15) is 0 Å². The molecule has 0 heterocycles. The fourth-order valence-electron chi connectivity index (χ4n) is 3.41. The van der Waals surface area contributed by atoms with Crippen LogP contribution in [0.1, 0.15) is 47.2 Å². The maximum Gasteiger partial charge on any atom is 0.305 e. The van der Waals surface area contributed by atoms with Crippen LogP contribution in [0, 0.1) is 0 Å². The number of esters is 1. The van der Waals surface area contributed by atoms with E-state index < -0.39 is 0 Å². The number of nitrogens with one attached hydrogen (secondary N) is 2. The number of aryl methyl sites for hydroxylation is 1. The first-order chi connectivity index (χ1) is 16.6. The molecule has 0 aliphatic carbocycles. The number of benzene rings is 3. The Morgan fingerprint density at radius 3 is 2.18 bits per heavy atom. The van der Waals surface area contributed by atoms with E-state index in [0.29, 0.717) is 30.8 Å². The minimum atomic E-state index is -0.294. The number of rotatable bonds is 12. The molecule has 34 heavy (non-hydrogen) atoms. The number of carbonyl (C=O) groups excluding carboxylic acids is 3. The molecule has 0 aliphatic rings. The molecule has 176 valence electrons. The fourth-order valence-corrected chi connectivity index (χ4v) is 3.41. The van der Waals surface area contributed by atoms with Crippen LogP contribution < -0.4 is 10.6 Å². The lowest BCUT2D eigenvalue weighted by Crippen LogP contribution is -2.23. The lowest BCUT2D eigenvalue weighted by Gasteiger charge is -2.09. The highest BCUT2D eigenvalue weighted by molar-refractivity contribution is 5.97. The summed E-state index contributed by atoms with van der Waals surface area (Å²) < 4.78 is 5.25. The fraction of sp³-hybridized carbons (Fsp3) is 0.250. The van der Waals surface area contributed by atoms with E-state index in [1.807, 2.05) is 60.7 Å². The van der Waals surface area contributed by atoms with Crippen molar-refractivity contribution < 1.29 is 19.1 Å². The molecule has 0 aliphatic heterocycles. The Morgan fingerprint density at radius 2 is 1.44 bits per heavy atom. The molecule has 0 spiro atoms. The van der Waals surface area contributed by atoms with Gasteiger partial charge in [0.2, 0.25) is 5.91 Å². The van der Waals surface area contributed by atoms with Gasteiger partial charge < -0.3 is 15.4 Å². The van der Waals surface area contributed by atoms with Gasteiger partial charge in [0.15, 0.2) is 0 Å². The Bertz CT molecular complexity index is 1070. The molecule has 0 unspecified atom stereocenters. The average molecular weight is 459 g/mol. The van der Waals surface area contributed by atoms with Crippen LogP contribution in [0.3, 0.4) is 0 Å². The predicted octanol–water partition coefficient (Wildman–Crippen LogP) is 4.90. The minimum Gasteiger partial charge on any atom is -0.466 e. The molecule has 3 rings (SSSR count). The predicted molar refractivity (Wildman–Crippen MR) is 132 cm³/mol. The van der Waals surface area contributed by atoms with Gasteiger partial charge in [-0.25, -0.2) is 0 Å². The van der Waals surface area contributed by atoms with E-state index >= 15 is 0 Å². The Labute approximate surface area is 200 Å². The largest absolute Gasteiger partial charge is 0.466 e. The quantitative estimate of drug-likeness (QED) is 0.299. The van der Waals surface area contributed by atoms with E-state index in [1.165, 1.54) is 5.56 Å². The second-order valence-corrected chi connectivity index (χ2v) is 7.96. The van der Waals surface area contributed by atoms with Crippen molar-refractivity contribution in [2.75, 3.05) is 11.9 Å². The van der Waals surface area contributed by atoms with Crippen molar-refractivity contribution >= 4 is 23.5 Å². The molecular formula is C28H30N2O4. The van der Waals surface area contributed by atoms with E-state index in [2.05, 4.69) is 10.6 Å². The van der Waals surface area contributed by atoms with Crippen molar-refractivity contribution in [2.24, 2.45) is 0 Å². The number of anilines is 1. The van der Waals surface area contributed by atoms with Gasteiger partial charge in [0.05, 0.1) is 6.61 Å². The van der Waals surface area contributed by atoms with Gasteiger partial charge in [0.25, 0.3) is 5.91 Å². The van der Waals surface area contributed by atoms with Crippen LogP contribution in [-0.4, -0.2) is 24.4 Å². The third-order valence-corrected chi connectivity index (χ3v) is 5.20. The summed E-state index contributed by atoms with van der Waals surface area (Å²) in [6.45, 7) is 0.803. The summed E-state index contributed by atoms with van der Waals surface area (Å²) in [5.41, 5.74) is 3.23. The zero-order valence-corrected chi connectivity index (χ0v) is 19.2. The molecule has 0 bridgehead atoms. The number of carbonyl (C=O) groups is 3. The van der Waals surface area contributed by atoms with Crippen molar-refractivity contribution in [3.63, 3.8) is 0 Å². The maximum atomic E-state index is 12.4. The maximum absolute atomic E-state index is 12.4. The molecule has 0 radical (unpaired) electrons. The van der Waals surface area contributed by atoms with Gasteiger partial charge in [-0.1, -0.05) is 66.7 Å². The van der Waals surface area contributed by atoms with Gasteiger partial charge in [-0.05, 0) is 48.6 Å². The molecule has 3 aromatic carbocycles. The first kappa shape index (κ1) is 24.7. The zero-order chi connectivity index (χ0) is 24.0. The lowest BCUT2D eigenvalue weighted by molar-refractivity contribution is -0.143. The van der Waals surface area contributed by atoms with Crippen molar-refractivity contribution in [1.29, 1.82) is 0 Å². The van der Waals surface area contributed by atoms with Gasteiger partial charge in [-0.15, -0.1) is 0 Å². The zero-order valence-electron chi connectivity index (χ0n) is 19.2. The number of hydrogen-bond donors (Lipinski definition) is 2. The summed E-state index contributed by atoms with van der Waals surface area (Å²) in [5, 5.41) is 5.65. The first-order valence-corrected chi connectivity index (χ1v) is 11.5. The summed E-state index contributed by atoms with van der Waals surface area (Å²) in [4.78, 5) is 36.5. The second kappa shape index (κ2) is 13.6. The van der Waals surface area contributed by atoms with Crippen molar-refractivity contribution in [2.45, 2.75) is 38.6 Å². The summed E-state index contributed by atoms with van der Waals surface area (Å²) in [6.07, 6.45) is 2.43. The Morgan fingerprint density at radius 1 is 0.735 bits per heavy atom. The topological polar surface area (TPSA) is 84.5 Å². The van der Waals surface area contributed by atoms with Gasteiger partial charge in [0, 0.05) is 30.6 Å². The van der Waals surface area contributed by atoms with E-state index in [0.717, 1.165) is 18.4 Å². The Balaban J connectivity index is 1.32. The molecule has 0 aromatic heterocycles. The highest BCUT2D eigenvalue weighted by atomic mass is 16.5. The number of hydrogen-bond acceptors (Lipinski definition) is 4. The van der Waals surface area contributed by atoms with E-state index in [1.54, 1.807) is 24.3 Å². The normalized spacial score (nSPS) is 10.4. The molecule has 0 saturated carbocycles. The molecule has 3 aromatic rings. The van der Waals surface area contributed by atoms with Crippen molar-refractivity contribution in [3.8, 4) is 0 Å². The second-order valence-electron chi connectivity index (χ2n) is 7.96. The third kappa shape index (κ3) is 8.90. The van der Waals surface area contributed by atoms with Crippen LogP contribution in [0.5, 0.6) is 0 Å². The SMILES string of the molecule is O=C(CCCC(=O)OCCCc1ccccc1)Nc1cccc(C(=O)NCc2ccccc2)c1. The number of ether oxygens (including phenoxy) is 1. The first-order valence-electron chi connectivity index (χ1n) is 11.5. The third-order valence-electron chi connectivity index (χ3n) is 5.20. The molecule has 0 fully saturated rings. The van der Waals surface area contributed by atoms with Crippen LogP contribution in [0.25, 0.3) is 0 Å². The summed E-state index contributed by atoms with van der Waals surface area (Å²) in [5.74, 6) is -0.716. The number of amides is 2. The summed E-state index contributed by atoms with van der Waals surface area (Å²) in [7, 11) is 0. The van der Waals surface area contributed by atoms with Gasteiger partial charge in [0.1, 0.15) is 0 Å². The summed E-state index contributed by atoms with van der Waals surface area (Å²) >= 11 is 0. The lowest BCUT2D eigenvalue weighted by atomic mass is 10.1. The molecule has 2 N–H and O–H groups in total. The molecule has 6 nitrogen and oxygen atoms in total. The molecular weight excluding hydrogens is 428 g/mol. The van der Waals surface area contributed by atoms with Crippen molar-refractivity contribution in [3.05, 3.63) is 102 Å². The van der Waals surface area contributed by atoms with Crippen LogP contribution in [0.4, 0.5) is 5.69 Å². The van der Waals surface area contributed by atoms with Gasteiger partial charge >= 0.3 is 5.97 Å². The highest BCUT2D eigenvalue weighted by Gasteiger charge is 2.10. The van der Waals surface area contributed by atoms with Gasteiger partial charge in [-0.3, -0.25) is 14.4 Å². The van der Waals surface area contributed by atoms with Crippen LogP contribution in [-0.2, 0) is 27.3 Å². The van der Waals surface area contributed by atoms with Crippen LogP contribution >= 0.6 is 0 Å². The minimum absolute atomic E-state index is 0.195. The van der Waals surface area contributed by atoms with Crippen LogP contribution in [0.2, 0.25) is 0 Å². The van der Waals surface area contributed by atoms with E-state index in [4.69, 9.17) is 4.74 Å². The molecule has 0 saturated heterocycles. The average Bonchev–Trinajstić information content (AvgIpc) is 2.86. The van der Waals surface area contributed by atoms with E-state index in [-0.39, 0.29) is 30.6 Å². The van der Waals surface area contributed by atoms with E-state index in [9.17, 15) is 14.4 Å². The van der Waals surface area contributed by atoms with Crippen molar-refractivity contribution in [1.82, 2.24) is 5.32 Å². The summed E-state index contributed by atoms with van der Waals surface area (Å²) in [6, 6.07) is 26.5. The standard InChI is InChI=1S/C28H30N2O4/c31-26(17-8-18-27(32)34-19-9-14-22-10-3-1-4-11-22)30-25-16-7-15-24(20-25)28(33)29-21-23-12-5-2-6-13-23/h1-7,10-13,15-16,20H,8-9,14,17-19,21H2,(H,29,33)(H,30,31). The molecule has 6 heteroatoms.